The second-order valence-electron chi connectivity index (χ2n) is 8.81. The second-order valence-corrected chi connectivity index (χ2v) is 9.88. The van der Waals surface area contributed by atoms with E-state index in [1.807, 2.05) is 29.2 Å². The molecule has 4 nitrogen and oxygen atoms in total. The van der Waals surface area contributed by atoms with Crippen molar-refractivity contribution < 1.29 is 14.0 Å². The zero-order valence-electron chi connectivity index (χ0n) is 18.3. The van der Waals surface area contributed by atoms with Crippen molar-refractivity contribution in [3.05, 3.63) is 95.3 Å². The molecule has 0 saturated carbocycles. The highest BCUT2D eigenvalue weighted by Gasteiger charge is 2.34. The molecule has 1 N–H and O–H groups in total. The number of hydrogen-bond donors (Lipinski definition) is 1. The summed E-state index contributed by atoms with van der Waals surface area (Å²) in [4.78, 5) is 26.8. The zero-order chi connectivity index (χ0) is 22.9. The average molecular weight is 449 g/mol. The van der Waals surface area contributed by atoms with Crippen LogP contribution in [-0.2, 0) is 10.2 Å². The van der Waals surface area contributed by atoms with Crippen LogP contribution in [0.25, 0.3) is 0 Å². The van der Waals surface area contributed by atoms with E-state index in [0.29, 0.717) is 11.4 Å². The van der Waals surface area contributed by atoms with Crippen LogP contribution in [0.3, 0.4) is 0 Å². The van der Waals surface area contributed by atoms with E-state index in [-0.39, 0.29) is 28.2 Å². The average Bonchev–Trinajstić information content (AvgIpc) is 3.15. The maximum atomic E-state index is 13.4. The van der Waals surface area contributed by atoms with Crippen molar-refractivity contribution in [1.29, 1.82) is 0 Å². The van der Waals surface area contributed by atoms with Gasteiger partial charge in [0.2, 0.25) is 5.91 Å². The summed E-state index contributed by atoms with van der Waals surface area (Å²) in [5.41, 5.74) is 3.99. The largest absolute Gasteiger partial charge is 0.322 e. The molecule has 1 atom stereocenters. The molecule has 0 aliphatic carbocycles. The Morgan fingerprint density at radius 2 is 1.72 bits per heavy atom. The summed E-state index contributed by atoms with van der Waals surface area (Å²) in [5, 5.41) is 2.65. The van der Waals surface area contributed by atoms with Crippen LogP contribution in [0.2, 0.25) is 0 Å². The molecule has 2 amide bonds. The van der Waals surface area contributed by atoms with Gasteiger partial charge >= 0.3 is 0 Å². The first-order chi connectivity index (χ1) is 15.2. The number of thioether (sulfide) groups is 1. The molecule has 0 radical (unpaired) electrons. The quantitative estimate of drug-likeness (QED) is 0.520. The maximum Gasteiger partial charge on any atom is 0.255 e. The van der Waals surface area contributed by atoms with E-state index in [4.69, 9.17) is 0 Å². The Bertz CT molecular complexity index is 1140. The fourth-order valence-corrected chi connectivity index (χ4v) is 4.81. The van der Waals surface area contributed by atoms with Gasteiger partial charge in [-0.15, -0.1) is 11.8 Å². The van der Waals surface area contributed by atoms with Crippen molar-refractivity contribution in [3.8, 4) is 0 Å². The Hall–Kier alpha value is -3.12. The van der Waals surface area contributed by atoms with Crippen LogP contribution in [0.1, 0.15) is 47.6 Å². The first-order valence-corrected chi connectivity index (χ1v) is 11.5. The summed E-state index contributed by atoms with van der Waals surface area (Å²) in [5.74, 6) is -0.328. The summed E-state index contributed by atoms with van der Waals surface area (Å²) in [6, 6.07) is 21.2. The van der Waals surface area contributed by atoms with Crippen LogP contribution >= 0.6 is 11.8 Å². The SMILES string of the molecule is CC(C)(C)c1ccc(N2C(=O)CSC2c2ccc(NC(=O)c3cccc(F)c3)cc2)cc1. The van der Waals surface area contributed by atoms with Gasteiger partial charge in [-0.2, -0.15) is 0 Å². The maximum absolute atomic E-state index is 13.4. The molecule has 1 aliphatic rings. The number of halogens is 1. The Balaban J connectivity index is 1.51. The number of benzene rings is 3. The van der Waals surface area contributed by atoms with Gasteiger partial charge < -0.3 is 5.32 Å². The molecule has 32 heavy (non-hydrogen) atoms. The summed E-state index contributed by atoms with van der Waals surface area (Å²) in [7, 11) is 0. The lowest BCUT2D eigenvalue weighted by Gasteiger charge is -2.26. The first kappa shape index (κ1) is 22.1. The molecular weight excluding hydrogens is 423 g/mol. The molecular formula is C26H25FN2O2S. The van der Waals surface area contributed by atoms with Crippen LogP contribution < -0.4 is 10.2 Å². The normalized spacial score (nSPS) is 16.3. The molecule has 1 unspecified atom stereocenters. The predicted molar refractivity (Wildman–Crippen MR) is 129 cm³/mol. The van der Waals surface area contributed by atoms with Crippen molar-refractivity contribution in [2.75, 3.05) is 16.0 Å². The van der Waals surface area contributed by atoms with E-state index in [9.17, 15) is 14.0 Å². The second kappa shape index (κ2) is 8.79. The standard InChI is InChI=1S/C26H25FN2O2S/c1-26(2,3)19-9-13-22(14-10-19)29-23(30)16-32-25(29)17-7-11-21(12-8-17)28-24(31)18-5-4-6-20(27)15-18/h4-15,25H,16H2,1-3H3,(H,28,31). The molecule has 1 saturated heterocycles. The highest BCUT2D eigenvalue weighted by atomic mass is 32.2. The van der Waals surface area contributed by atoms with Gasteiger partial charge in [0, 0.05) is 16.9 Å². The summed E-state index contributed by atoms with van der Waals surface area (Å²) >= 11 is 1.58. The Morgan fingerprint density at radius 3 is 2.34 bits per heavy atom. The van der Waals surface area contributed by atoms with Crippen molar-refractivity contribution in [1.82, 2.24) is 0 Å². The van der Waals surface area contributed by atoms with Gasteiger partial charge in [0.25, 0.3) is 5.91 Å². The van der Waals surface area contributed by atoms with E-state index in [1.54, 1.807) is 30.0 Å². The zero-order valence-corrected chi connectivity index (χ0v) is 19.1. The van der Waals surface area contributed by atoms with Gasteiger partial charge in [-0.05, 0) is 59.0 Å². The van der Waals surface area contributed by atoms with Crippen LogP contribution in [0, 0.1) is 5.82 Å². The van der Waals surface area contributed by atoms with Gasteiger partial charge in [0.1, 0.15) is 11.2 Å². The smallest absolute Gasteiger partial charge is 0.255 e. The van der Waals surface area contributed by atoms with E-state index >= 15 is 0 Å². The molecule has 6 heteroatoms. The fourth-order valence-electron chi connectivity index (χ4n) is 3.64. The number of anilines is 2. The Kier molecular flexibility index (Phi) is 6.07. The van der Waals surface area contributed by atoms with Gasteiger partial charge in [0.15, 0.2) is 0 Å². The number of carbonyl (C=O) groups is 2. The minimum atomic E-state index is -0.452. The van der Waals surface area contributed by atoms with Gasteiger partial charge in [-0.3, -0.25) is 14.5 Å². The van der Waals surface area contributed by atoms with E-state index in [0.717, 1.165) is 11.3 Å². The molecule has 164 valence electrons. The molecule has 3 aromatic carbocycles. The molecule has 1 heterocycles. The van der Waals surface area contributed by atoms with Gasteiger partial charge in [-0.1, -0.05) is 51.1 Å². The van der Waals surface area contributed by atoms with Crippen molar-refractivity contribution >= 4 is 35.0 Å². The van der Waals surface area contributed by atoms with E-state index in [2.05, 4.69) is 38.2 Å². The third-order valence-corrected chi connectivity index (χ3v) is 6.63. The lowest BCUT2D eigenvalue weighted by atomic mass is 9.87. The van der Waals surface area contributed by atoms with Crippen molar-refractivity contribution in [3.63, 3.8) is 0 Å². The van der Waals surface area contributed by atoms with Crippen molar-refractivity contribution in [2.45, 2.75) is 31.6 Å². The Morgan fingerprint density at radius 1 is 1.03 bits per heavy atom. The van der Waals surface area contributed by atoms with Crippen LogP contribution in [-0.4, -0.2) is 17.6 Å². The predicted octanol–water partition coefficient (Wildman–Crippen LogP) is 6.15. The number of amides is 2. The summed E-state index contributed by atoms with van der Waals surface area (Å²) < 4.78 is 13.4. The minimum absolute atomic E-state index is 0.0491. The molecule has 1 fully saturated rings. The summed E-state index contributed by atoms with van der Waals surface area (Å²) in [6.07, 6.45) is 0. The van der Waals surface area contributed by atoms with Crippen LogP contribution in [0.4, 0.5) is 15.8 Å². The van der Waals surface area contributed by atoms with E-state index < -0.39 is 5.82 Å². The molecule has 1 aliphatic heterocycles. The third kappa shape index (κ3) is 4.70. The number of nitrogens with zero attached hydrogens (tertiary/aromatic N) is 1. The molecule has 0 spiro atoms. The minimum Gasteiger partial charge on any atom is -0.322 e. The molecule has 3 aromatic rings. The Labute approximate surface area is 191 Å². The topological polar surface area (TPSA) is 49.4 Å². The number of rotatable bonds is 4. The number of carbonyl (C=O) groups excluding carboxylic acids is 2. The summed E-state index contributed by atoms with van der Waals surface area (Å²) in [6.45, 7) is 6.49. The first-order valence-electron chi connectivity index (χ1n) is 10.4. The lowest BCUT2D eigenvalue weighted by molar-refractivity contribution is -0.115. The number of hydrogen-bond acceptors (Lipinski definition) is 3. The van der Waals surface area contributed by atoms with Crippen LogP contribution in [0.5, 0.6) is 0 Å². The highest BCUT2D eigenvalue weighted by Crippen LogP contribution is 2.42. The number of nitrogens with one attached hydrogen (secondary N) is 1. The van der Waals surface area contributed by atoms with Crippen LogP contribution in [0.15, 0.2) is 72.8 Å². The highest BCUT2D eigenvalue weighted by molar-refractivity contribution is 8.00. The van der Waals surface area contributed by atoms with Gasteiger partial charge in [0.05, 0.1) is 5.75 Å². The van der Waals surface area contributed by atoms with Gasteiger partial charge in [-0.25, -0.2) is 4.39 Å². The third-order valence-electron chi connectivity index (χ3n) is 5.42. The molecule has 4 rings (SSSR count). The lowest BCUT2D eigenvalue weighted by Crippen LogP contribution is -2.28. The molecule has 0 aromatic heterocycles. The monoisotopic (exact) mass is 448 g/mol. The molecule has 0 bridgehead atoms. The van der Waals surface area contributed by atoms with E-state index in [1.165, 1.54) is 23.8 Å². The fraction of sp³-hybridized carbons (Fsp3) is 0.231. The van der Waals surface area contributed by atoms with Crippen molar-refractivity contribution in [2.24, 2.45) is 0 Å².